The quantitative estimate of drug-likeness (QED) is 0.863. The van der Waals surface area contributed by atoms with Crippen molar-refractivity contribution in [2.75, 3.05) is 26.2 Å². The Morgan fingerprint density at radius 3 is 3.06 bits per heavy atom. The van der Waals surface area contributed by atoms with Crippen molar-refractivity contribution >= 4 is 5.91 Å². The van der Waals surface area contributed by atoms with Gasteiger partial charge in [0.25, 0.3) is 5.91 Å². The third-order valence-electron chi connectivity index (χ3n) is 3.48. The van der Waals surface area contributed by atoms with E-state index in [9.17, 15) is 4.79 Å². The molecule has 0 bridgehead atoms. The van der Waals surface area contributed by atoms with Crippen molar-refractivity contribution in [3.8, 4) is 0 Å². The molecule has 0 aliphatic carbocycles. The summed E-state index contributed by atoms with van der Waals surface area (Å²) < 4.78 is 1.67. The lowest BCUT2D eigenvalue weighted by Gasteiger charge is -2.29. The summed E-state index contributed by atoms with van der Waals surface area (Å²) in [7, 11) is 1.83. The number of nitrogens with one attached hydrogen (secondary N) is 1. The number of hydrogen-bond donors (Lipinski definition) is 1. The average molecular weight is 250 g/mol. The highest BCUT2D eigenvalue weighted by molar-refractivity contribution is 5.92. The Kier molecular flexibility index (Phi) is 4.36. The maximum absolute atomic E-state index is 12.3. The summed E-state index contributed by atoms with van der Waals surface area (Å²) in [5, 5.41) is 7.57. The summed E-state index contributed by atoms with van der Waals surface area (Å²) in [6.45, 7) is 5.73. The normalized spacial score (nSPS) is 19.8. The molecule has 5 nitrogen and oxygen atoms in total. The Bertz CT molecular complexity index is 395. The number of nitrogens with zero attached hydrogens (tertiary/aromatic N) is 3. The van der Waals surface area contributed by atoms with E-state index >= 15 is 0 Å². The van der Waals surface area contributed by atoms with Gasteiger partial charge in [0.1, 0.15) is 5.69 Å². The molecule has 100 valence electrons. The van der Waals surface area contributed by atoms with Gasteiger partial charge in [0.15, 0.2) is 0 Å². The van der Waals surface area contributed by atoms with E-state index in [1.807, 2.05) is 25.1 Å². The number of aromatic nitrogens is 2. The maximum Gasteiger partial charge on any atom is 0.274 e. The third-order valence-corrected chi connectivity index (χ3v) is 3.48. The van der Waals surface area contributed by atoms with Crippen LogP contribution < -0.4 is 5.32 Å². The van der Waals surface area contributed by atoms with Crippen LogP contribution in [0.4, 0.5) is 0 Å². The van der Waals surface area contributed by atoms with Gasteiger partial charge in [-0.1, -0.05) is 0 Å². The summed E-state index contributed by atoms with van der Waals surface area (Å²) in [5.41, 5.74) is 0.545. The van der Waals surface area contributed by atoms with Gasteiger partial charge in [-0.05, 0) is 44.8 Å². The highest BCUT2D eigenvalue weighted by atomic mass is 16.2. The number of aryl methyl sites for hydroxylation is 1. The highest BCUT2D eigenvalue weighted by Crippen LogP contribution is 2.13. The number of amides is 1. The van der Waals surface area contributed by atoms with Crippen LogP contribution in [0, 0.1) is 5.92 Å². The first-order valence-corrected chi connectivity index (χ1v) is 6.70. The van der Waals surface area contributed by atoms with Gasteiger partial charge in [0, 0.05) is 26.3 Å². The number of rotatable bonds is 4. The van der Waals surface area contributed by atoms with E-state index in [4.69, 9.17) is 0 Å². The van der Waals surface area contributed by atoms with Crippen LogP contribution in [0.1, 0.15) is 30.3 Å². The second-order valence-electron chi connectivity index (χ2n) is 4.93. The van der Waals surface area contributed by atoms with Gasteiger partial charge in [-0.3, -0.25) is 9.48 Å². The smallest absolute Gasteiger partial charge is 0.274 e. The predicted octanol–water partition coefficient (Wildman–Crippen LogP) is 0.882. The summed E-state index contributed by atoms with van der Waals surface area (Å²) in [5.74, 6) is 0.620. The van der Waals surface area contributed by atoms with Gasteiger partial charge < -0.3 is 10.2 Å². The largest absolute Gasteiger partial charge is 0.337 e. The van der Waals surface area contributed by atoms with Crippen molar-refractivity contribution in [1.29, 1.82) is 0 Å². The van der Waals surface area contributed by atoms with Gasteiger partial charge in [-0.2, -0.15) is 5.10 Å². The Hall–Kier alpha value is -1.36. The van der Waals surface area contributed by atoms with E-state index in [1.165, 1.54) is 12.8 Å². The third kappa shape index (κ3) is 3.10. The molecule has 1 atom stereocenters. The van der Waals surface area contributed by atoms with Crippen molar-refractivity contribution in [2.24, 2.45) is 13.0 Å². The molecule has 18 heavy (non-hydrogen) atoms. The highest BCUT2D eigenvalue weighted by Gasteiger charge is 2.21. The fourth-order valence-electron chi connectivity index (χ4n) is 2.44. The monoisotopic (exact) mass is 250 g/mol. The molecule has 0 spiro atoms. The molecule has 1 aromatic heterocycles. The summed E-state index contributed by atoms with van der Waals surface area (Å²) in [6, 6.07) is 1.78. The zero-order valence-corrected chi connectivity index (χ0v) is 11.2. The molecule has 1 amide bonds. The molecule has 0 aromatic carbocycles. The zero-order chi connectivity index (χ0) is 13.0. The van der Waals surface area contributed by atoms with Crippen molar-refractivity contribution < 1.29 is 4.79 Å². The first kappa shape index (κ1) is 13.1. The first-order chi connectivity index (χ1) is 8.70. The van der Waals surface area contributed by atoms with E-state index in [1.54, 1.807) is 10.7 Å². The Morgan fingerprint density at radius 1 is 1.67 bits per heavy atom. The maximum atomic E-state index is 12.3. The zero-order valence-electron chi connectivity index (χ0n) is 11.2. The van der Waals surface area contributed by atoms with Crippen molar-refractivity contribution in [2.45, 2.75) is 19.8 Å². The Morgan fingerprint density at radius 2 is 2.50 bits per heavy atom. The molecule has 1 fully saturated rings. The molecule has 1 aliphatic heterocycles. The minimum Gasteiger partial charge on any atom is -0.337 e. The second kappa shape index (κ2) is 6.00. The van der Waals surface area contributed by atoms with Crippen molar-refractivity contribution in [3.63, 3.8) is 0 Å². The average Bonchev–Trinajstić information content (AvgIpc) is 2.83. The fourth-order valence-corrected chi connectivity index (χ4v) is 2.44. The minimum absolute atomic E-state index is 0.0451. The molecule has 1 aliphatic rings. The summed E-state index contributed by atoms with van der Waals surface area (Å²) in [4.78, 5) is 14.2. The molecule has 1 N–H and O–H groups in total. The molecule has 0 radical (unpaired) electrons. The van der Waals surface area contributed by atoms with Crippen molar-refractivity contribution in [3.05, 3.63) is 18.0 Å². The number of piperidine rings is 1. The van der Waals surface area contributed by atoms with Crippen LogP contribution in [0.2, 0.25) is 0 Å². The lowest BCUT2D eigenvalue weighted by Crippen LogP contribution is -2.41. The van der Waals surface area contributed by atoms with Crippen LogP contribution in [-0.4, -0.2) is 46.8 Å². The van der Waals surface area contributed by atoms with E-state index in [0.717, 1.165) is 26.2 Å². The minimum atomic E-state index is 0.0451. The molecule has 1 aromatic rings. The lowest BCUT2D eigenvalue weighted by atomic mass is 9.99. The van der Waals surface area contributed by atoms with Crippen LogP contribution in [0.25, 0.3) is 0 Å². The van der Waals surface area contributed by atoms with Crippen LogP contribution >= 0.6 is 0 Å². The van der Waals surface area contributed by atoms with Gasteiger partial charge in [-0.15, -0.1) is 0 Å². The molecular formula is C13H22N4O. The van der Waals surface area contributed by atoms with Gasteiger partial charge in [-0.25, -0.2) is 0 Å². The van der Waals surface area contributed by atoms with Gasteiger partial charge in [0.2, 0.25) is 0 Å². The van der Waals surface area contributed by atoms with Crippen molar-refractivity contribution in [1.82, 2.24) is 20.0 Å². The predicted molar refractivity (Wildman–Crippen MR) is 70.4 cm³/mol. The topological polar surface area (TPSA) is 50.2 Å². The van der Waals surface area contributed by atoms with E-state index in [-0.39, 0.29) is 5.91 Å². The van der Waals surface area contributed by atoms with E-state index < -0.39 is 0 Å². The van der Waals surface area contributed by atoms with E-state index in [2.05, 4.69) is 10.4 Å². The van der Waals surface area contributed by atoms with Gasteiger partial charge in [0.05, 0.1) is 0 Å². The molecule has 1 unspecified atom stereocenters. The molecule has 5 heteroatoms. The summed E-state index contributed by atoms with van der Waals surface area (Å²) >= 11 is 0. The summed E-state index contributed by atoms with van der Waals surface area (Å²) in [6.07, 6.45) is 4.22. The molecular weight excluding hydrogens is 228 g/mol. The fraction of sp³-hybridized carbons (Fsp3) is 0.692. The Labute approximate surface area is 108 Å². The van der Waals surface area contributed by atoms with Gasteiger partial charge >= 0.3 is 0 Å². The molecule has 1 saturated heterocycles. The first-order valence-electron chi connectivity index (χ1n) is 6.70. The van der Waals surface area contributed by atoms with Crippen LogP contribution in [0.3, 0.4) is 0 Å². The Balaban J connectivity index is 1.97. The molecule has 0 saturated carbocycles. The van der Waals surface area contributed by atoms with Crippen LogP contribution in [0.15, 0.2) is 12.3 Å². The second-order valence-corrected chi connectivity index (χ2v) is 4.93. The number of carbonyl (C=O) groups excluding carboxylic acids is 1. The lowest BCUT2D eigenvalue weighted by molar-refractivity contribution is 0.0722. The van der Waals surface area contributed by atoms with Crippen LogP contribution in [0.5, 0.6) is 0 Å². The van der Waals surface area contributed by atoms with E-state index in [0.29, 0.717) is 11.6 Å². The molecule has 2 heterocycles. The van der Waals surface area contributed by atoms with Crippen LogP contribution in [-0.2, 0) is 7.05 Å². The number of carbonyl (C=O) groups is 1. The number of hydrogen-bond acceptors (Lipinski definition) is 3. The SMILES string of the molecule is CCN(CC1CCCNC1)C(=O)c1ccn(C)n1. The molecule has 2 rings (SSSR count). The standard InChI is InChI=1S/C13H22N4O/c1-3-17(10-11-5-4-7-14-9-11)13(18)12-6-8-16(2)15-12/h6,8,11,14H,3-5,7,9-10H2,1-2H3.